The second-order valence-electron chi connectivity index (χ2n) is 9.49. The van der Waals surface area contributed by atoms with Gasteiger partial charge < -0.3 is 9.80 Å². The summed E-state index contributed by atoms with van der Waals surface area (Å²) in [5.41, 5.74) is 3.35. The van der Waals surface area contributed by atoms with Gasteiger partial charge in [0, 0.05) is 37.1 Å². The Bertz CT molecular complexity index is 1370. The quantitative estimate of drug-likeness (QED) is 0.289. The topological polar surface area (TPSA) is 73.8 Å². The molecule has 0 N–H and O–H groups in total. The predicted octanol–water partition coefficient (Wildman–Crippen LogP) is 5.02. The first kappa shape index (κ1) is 25.6. The summed E-state index contributed by atoms with van der Waals surface area (Å²) in [7, 11) is 0. The number of anilines is 1. The van der Waals surface area contributed by atoms with Gasteiger partial charge in [-0.05, 0) is 25.0 Å². The van der Waals surface area contributed by atoms with Crippen molar-refractivity contribution >= 4 is 34.7 Å². The highest BCUT2D eigenvalue weighted by Crippen LogP contribution is 2.35. The summed E-state index contributed by atoms with van der Waals surface area (Å²) in [6.07, 6.45) is 5.04. The molecule has 3 heterocycles. The van der Waals surface area contributed by atoms with E-state index in [1.807, 2.05) is 47.8 Å². The molecule has 2 aliphatic rings. The van der Waals surface area contributed by atoms with Crippen LogP contribution in [0.25, 0.3) is 11.3 Å². The lowest BCUT2D eigenvalue weighted by molar-refractivity contribution is -0.134. The fraction of sp³-hybridized carbons (Fsp3) is 0.267. The molecule has 3 aromatic rings. The minimum Gasteiger partial charge on any atom is -0.370 e. The molecule has 1 saturated heterocycles. The van der Waals surface area contributed by atoms with E-state index < -0.39 is 0 Å². The Balaban J connectivity index is 1.36. The number of hydrogen-bond acceptors (Lipinski definition) is 6. The van der Waals surface area contributed by atoms with Crippen LogP contribution in [-0.2, 0) is 11.3 Å². The maximum Gasteiger partial charge on any atom is 0.264 e. The van der Waals surface area contributed by atoms with E-state index in [2.05, 4.69) is 23.0 Å². The van der Waals surface area contributed by atoms with Crippen LogP contribution in [0.15, 0.2) is 79.2 Å². The molecule has 0 radical (unpaired) electrons. The maximum absolute atomic E-state index is 13.6. The van der Waals surface area contributed by atoms with Crippen molar-refractivity contribution in [3.8, 4) is 11.3 Å². The molecule has 0 aliphatic carbocycles. The third-order valence-electron chi connectivity index (χ3n) is 7.01. The van der Waals surface area contributed by atoms with Crippen molar-refractivity contribution in [2.45, 2.75) is 19.4 Å². The molecular formula is C30H30N4O3S. The van der Waals surface area contributed by atoms with Gasteiger partial charge in [0.2, 0.25) is 5.91 Å². The Morgan fingerprint density at radius 2 is 1.82 bits per heavy atom. The zero-order chi connectivity index (χ0) is 26.6. The highest BCUT2D eigenvalue weighted by molar-refractivity contribution is 7.10. The number of piperidine rings is 1. The monoisotopic (exact) mass is 526 g/mol. The third kappa shape index (κ3) is 4.91. The van der Waals surface area contributed by atoms with E-state index in [0.29, 0.717) is 41.5 Å². The standard InChI is InChI=1S/C30H30N4O3S/c1-3-15-32(16-4-2)28(35)22-12-9-17-33(18-22)25-14-8-13-23-27(25)30(37)34(29(23)36)19-26-31-24(20-38-26)21-10-6-5-7-11-21/h3-8,10-11,13-14,20,22H,1-2,9,12,15-19H2/t22-/m0/s1. The normalized spacial score (nSPS) is 16.9. The first-order valence-electron chi connectivity index (χ1n) is 12.8. The van der Waals surface area contributed by atoms with E-state index in [0.717, 1.165) is 30.6 Å². The predicted molar refractivity (Wildman–Crippen MR) is 150 cm³/mol. The number of imide groups is 1. The minimum atomic E-state index is -0.314. The number of carbonyl (C=O) groups excluding carboxylic acids is 3. The average Bonchev–Trinajstić information content (AvgIpc) is 3.52. The Hall–Kier alpha value is -4.04. The van der Waals surface area contributed by atoms with Crippen LogP contribution in [0.4, 0.5) is 5.69 Å². The van der Waals surface area contributed by atoms with Gasteiger partial charge in [-0.1, -0.05) is 48.6 Å². The molecule has 0 saturated carbocycles. The SMILES string of the molecule is C=CCN(CC=C)C(=O)[C@H]1CCCN(c2cccc3c2C(=O)N(Cc2nc(-c4ccccc4)cs2)C3=O)C1. The Morgan fingerprint density at radius 3 is 2.55 bits per heavy atom. The summed E-state index contributed by atoms with van der Waals surface area (Å²) >= 11 is 1.44. The van der Waals surface area contributed by atoms with Crippen LogP contribution in [0, 0.1) is 5.92 Å². The second kappa shape index (κ2) is 11.1. The van der Waals surface area contributed by atoms with Gasteiger partial charge in [-0.15, -0.1) is 24.5 Å². The molecule has 1 aromatic heterocycles. The summed E-state index contributed by atoms with van der Waals surface area (Å²) < 4.78 is 0. The highest BCUT2D eigenvalue weighted by Gasteiger charge is 2.40. The van der Waals surface area contributed by atoms with Crippen molar-refractivity contribution in [2.24, 2.45) is 5.92 Å². The molecule has 0 spiro atoms. The molecule has 1 fully saturated rings. The van der Waals surface area contributed by atoms with Gasteiger partial charge in [0.05, 0.1) is 35.0 Å². The van der Waals surface area contributed by atoms with E-state index in [9.17, 15) is 14.4 Å². The molecule has 8 heteroatoms. The van der Waals surface area contributed by atoms with E-state index in [1.165, 1.54) is 16.2 Å². The van der Waals surface area contributed by atoms with Gasteiger partial charge >= 0.3 is 0 Å². The van der Waals surface area contributed by atoms with Gasteiger partial charge in [-0.25, -0.2) is 4.98 Å². The molecule has 3 amide bonds. The minimum absolute atomic E-state index is 0.0593. The van der Waals surface area contributed by atoms with Crippen molar-refractivity contribution in [1.29, 1.82) is 0 Å². The number of aromatic nitrogens is 1. The van der Waals surface area contributed by atoms with Crippen LogP contribution in [0.1, 0.15) is 38.6 Å². The number of amides is 3. The Morgan fingerprint density at radius 1 is 1.05 bits per heavy atom. The van der Waals surface area contributed by atoms with Gasteiger partial charge in [0.25, 0.3) is 11.8 Å². The maximum atomic E-state index is 13.6. The fourth-order valence-corrected chi connectivity index (χ4v) is 6.00. The zero-order valence-electron chi connectivity index (χ0n) is 21.2. The van der Waals surface area contributed by atoms with Crippen molar-refractivity contribution in [1.82, 2.24) is 14.8 Å². The lowest BCUT2D eigenvalue weighted by atomic mass is 9.94. The number of benzene rings is 2. The van der Waals surface area contributed by atoms with Crippen LogP contribution >= 0.6 is 11.3 Å². The van der Waals surface area contributed by atoms with Crippen LogP contribution < -0.4 is 4.90 Å². The van der Waals surface area contributed by atoms with Crippen molar-refractivity contribution in [3.63, 3.8) is 0 Å². The summed E-state index contributed by atoms with van der Waals surface area (Å²) in [6, 6.07) is 15.2. The highest BCUT2D eigenvalue weighted by atomic mass is 32.1. The summed E-state index contributed by atoms with van der Waals surface area (Å²) in [5.74, 6) is -0.764. The molecule has 0 bridgehead atoms. The van der Waals surface area contributed by atoms with Crippen LogP contribution in [0.2, 0.25) is 0 Å². The number of nitrogens with zero attached hydrogens (tertiary/aromatic N) is 4. The molecule has 1 atom stereocenters. The molecule has 2 aromatic carbocycles. The number of carbonyl (C=O) groups is 3. The smallest absolute Gasteiger partial charge is 0.264 e. The summed E-state index contributed by atoms with van der Waals surface area (Å²) in [4.78, 5) is 49.9. The van der Waals surface area contributed by atoms with Gasteiger partial charge in [0.1, 0.15) is 5.01 Å². The lowest BCUT2D eigenvalue weighted by Crippen LogP contribution is -2.45. The Kier molecular flexibility index (Phi) is 7.51. The molecule has 0 unspecified atom stereocenters. The first-order chi connectivity index (χ1) is 18.5. The van der Waals surface area contributed by atoms with E-state index >= 15 is 0 Å². The number of thiazole rings is 1. The average molecular weight is 527 g/mol. The fourth-order valence-electron chi connectivity index (χ4n) is 5.20. The van der Waals surface area contributed by atoms with Gasteiger partial charge in [-0.3, -0.25) is 19.3 Å². The molecular weight excluding hydrogens is 496 g/mol. The summed E-state index contributed by atoms with van der Waals surface area (Å²) in [5, 5.41) is 2.65. The first-order valence-corrected chi connectivity index (χ1v) is 13.6. The molecule has 194 valence electrons. The Labute approximate surface area is 226 Å². The van der Waals surface area contributed by atoms with Crippen molar-refractivity contribution in [3.05, 3.63) is 95.4 Å². The number of fused-ring (bicyclic) bond motifs is 1. The molecule has 2 aliphatic heterocycles. The third-order valence-corrected chi connectivity index (χ3v) is 7.85. The van der Waals surface area contributed by atoms with E-state index in [1.54, 1.807) is 23.1 Å². The number of rotatable bonds is 9. The largest absolute Gasteiger partial charge is 0.370 e. The van der Waals surface area contributed by atoms with Gasteiger partial charge in [0.15, 0.2) is 0 Å². The van der Waals surface area contributed by atoms with E-state index in [4.69, 9.17) is 0 Å². The van der Waals surface area contributed by atoms with Crippen LogP contribution in [0.5, 0.6) is 0 Å². The lowest BCUT2D eigenvalue weighted by Gasteiger charge is -2.36. The van der Waals surface area contributed by atoms with Gasteiger partial charge in [-0.2, -0.15) is 0 Å². The molecule has 38 heavy (non-hydrogen) atoms. The summed E-state index contributed by atoms with van der Waals surface area (Å²) in [6.45, 7) is 9.80. The number of hydrogen-bond donors (Lipinski definition) is 0. The molecule has 5 rings (SSSR count). The van der Waals surface area contributed by atoms with E-state index in [-0.39, 0.29) is 30.2 Å². The van der Waals surface area contributed by atoms with Crippen LogP contribution in [-0.4, -0.2) is 58.7 Å². The van der Waals surface area contributed by atoms with Crippen molar-refractivity contribution < 1.29 is 14.4 Å². The molecule has 7 nitrogen and oxygen atoms in total. The van der Waals surface area contributed by atoms with Crippen molar-refractivity contribution in [2.75, 3.05) is 31.1 Å². The zero-order valence-corrected chi connectivity index (χ0v) is 22.0. The second-order valence-corrected chi connectivity index (χ2v) is 10.4. The van der Waals surface area contributed by atoms with Crippen LogP contribution in [0.3, 0.4) is 0 Å².